The van der Waals surface area contributed by atoms with Gasteiger partial charge in [-0.05, 0) is 34.4 Å². The van der Waals surface area contributed by atoms with Crippen LogP contribution in [0.25, 0.3) is 0 Å². The van der Waals surface area contributed by atoms with Crippen molar-refractivity contribution in [2.75, 3.05) is 7.11 Å². The number of esters is 1. The quantitative estimate of drug-likeness (QED) is 0.183. The molecular weight excluding hydrogens is 451 g/mol. The molecule has 1 aliphatic rings. The highest BCUT2D eigenvalue weighted by atomic mass is 127. The van der Waals surface area contributed by atoms with Crippen molar-refractivity contribution in [3.05, 3.63) is 48.4 Å². The van der Waals surface area contributed by atoms with E-state index in [1.54, 1.807) is 6.07 Å². The maximum atomic E-state index is 11.6. The number of nitrogens with zero attached hydrogens (tertiary/aromatic N) is 3. The summed E-state index contributed by atoms with van der Waals surface area (Å²) >= 11 is 2.79. The van der Waals surface area contributed by atoms with Gasteiger partial charge in [0.2, 0.25) is 0 Å². The average molecular weight is 460 g/mol. The molecule has 1 aromatic carbocycles. The Morgan fingerprint density at radius 3 is 2.92 bits per heavy atom. The number of hydrogen-bond acceptors (Lipinski definition) is 8. The van der Waals surface area contributed by atoms with Crippen molar-refractivity contribution >= 4 is 63.3 Å². The number of rotatable bonds is 4. The molecule has 1 fully saturated rings. The summed E-state index contributed by atoms with van der Waals surface area (Å²) in [5.41, 5.74) is 0.493. The van der Waals surface area contributed by atoms with Gasteiger partial charge >= 0.3 is 5.97 Å². The highest BCUT2D eigenvalue weighted by Crippen LogP contribution is 2.24. The van der Waals surface area contributed by atoms with Gasteiger partial charge < -0.3 is 4.74 Å². The number of amidine groups is 1. The lowest BCUT2D eigenvalue weighted by molar-refractivity contribution is -0.385. The first-order chi connectivity index (χ1) is 11.4. The molecule has 0 aliphatic carbocycles. The SMILES string of the molecule is COC(=O)/C=C1/S/C(=N\N=Cc2cccc([N+](=O)[O-])c2I)NC1=O. The molecule has 0 atom stereocenters. The van der Waals surface area contributed by atoms with E-state index in [4.69, 9.17) is 0 Å². The van der Waals surface area contributed by atoms with Gasteiger partial charge in [-0.15, -0.1) is 5.10 Å². The zero-order valence-corrected chi connectivity index (χ0v) is 15.0. The molecule has 0 unspecified atom stereocenters. The van der Waals surface area contributed by atoms with Gasteiger partial charge in [-0.2, -0.15) is 5.10 Å². The summed E-state index contributed by atoms with van der Waals surface area (Å²) in [5.74, 6) is -1.13. The third kappa shape index (κ3) is 4.38. The molecule has 0 saturated carbocycles. The van der Waals surface area contributed by atoms with Crippen molar-refractivity contribution in [2.45, 2.75) is 0 Å². The summed E-state index contributed by atoms with van der Waals surface area (Å²) in [6.07, 6.45) is 2.40. The highest BCUT2D eigenvalue weighted by Gasteiger charge is 2.25. The van der Waals surface area contributed by atoms with Gasteiger partial charge in [0.05, 0.1) is 26.7 Å². The van der Waals surface area contributed by atoms with Gasteiger partial charge in [0.25, 0.3) is 11.6 Å². The van der Waals surface area contributed by atoms with Crippen LogP contribution in [0.4, 0.5) is 5.69 Å². The maximum Gasteiger partial charge on any atom is 0.331 e. The van der Waals surface area contributed by atoms with Gasteiger partial charge in [0, 0.05) is 17.7 Å². The van der Waals surface area contributed by atoms with E-state index in [0.29, 0.717) is 9.13 Å². The lowest BCUT2D eigenvalue weighted by Gasteiger charge is -1.98. The van der Waals surface area contributed by atoms with Crippen LogP contribution in [0.3, 0.4) is 0 Å². The summed E-state index contributed by atoms with van der Waals surface area (Å²) < 4.78 is 4.87. The Balaban J connectivity index is 2.15. The predicted molar refractivity (Wildman–Crippen MR) is 96.7 cm³/mol. The van der Waals surface area contributed by atoms with Crippen LogP contribution in [-0.4, -0.2) is 35.3 Å². The number of amides is 1. The molecule has 9 nitrogen and oxygen atoms in total. The van der Waals surface area contributed by atoms with Crippen LogP contribution in [0, 0.1) is 13.7 Å². The first-order valence-corrected chi connectivity index (χ1v) is 8.14. The van der Waals surface area contributed by atoms with E-state index in [1.165, 1.54) is 25.5 Å². The lowest BCUT2D eigenvalue weighted by Crippen LogP contribution is -2.19. The molecule has 1 aromatic rings. The first-order valence-electron chi connectivity index (χ1n) is 6.25. The second-order valence-electron chi connectivity index (χ2n) is 4.18. The number of hydrogen-bond donors (Lipinski definition) is 1. The molecule has 0 bridgehead atoms. The van der Waals surface area contributed by atoms with Crippen molar-refractivity contribution in [2.24, 2.45) is 10.2 Å². The van der Waals surface area contributed by atoms with Gasteiger partial charge in [-0.3, -0.25) is 20.2 Å². The molecule has 11 heteroatoms. The Bertz CT molecular complexity index is 806. The van der Waals surface area contributed by atoms with Crippen molar-refractivity contribution in [3.8, 4) is 0 Å². The number of nitrogens with one attached hydrogen (secondary N) is 1. The first kappa shape index (κ1) is 18.1. The van der Waals surface area contributed by atoms with Crippen LogP contribution in [0.2, 0.25) is 0 Å². The van der Waals surface area contributed by atoms with E-state index in [-0.39, 0.29) is 15.8 Å². The smallest absolute Gasteiger partial charge is 0.331 e. The molecule has 0 spiro atoms. The van der Waals surface area contributed by atoms with E-state index in [1.807, 2.05) is 22.6 Å². The third-order valence-electron chi connectivity index (χ3n) is 2.65. The normalized spacial score (nSPS) is 17.5. The van der Waals surface area contributed by atoms with Crippen LogP contribution < -0.4 is 5.32 Å². The number of methoxy groups -OCH3 is 1. The maximum absolute atomic E-state index is 11.6. The molecule has 2 rings (SSSR count). The van der Waals surface area contributed by atoms with Crippen LogP contribution in [-0.2, 0) is 14.3 Å². The fraction of sp³-hybridized carbons (Fsp3) is 0.0769. The summed E-state index contributed by atoms with van der Waals surface area (Å²) in [7, 11) is 1.21. The Hall–Kier alpha value is -2.28. The minimum atomic E-state index is -0.649. The molecule has 0 aromatic heterocycles. The summed E-state index contributed by atoms with van der Waals surface area (Å²) in [4.78, 5) is 33.3. The monoisotopic (exact) mass is 460 g/mol. The number of thioether (sulfide) groups is 1. The zero-order chi connectivity index (χ0) is 17.7. The van der Waals surface area contributed by atoms with E-state index in [0.717, 1.165) is 17.8 Å². The molecule has 24 heavy (non-hydrogen) atoms. The van der Waals surface area contributed by atoms with Crippen molar-refractivity contribution < 1.29 is 19.2 Å². The Kier molecular flexibility index (Phi) is 6.03. The zero-order valence-electron chi connectivity index (χ0n) is 12.1. The molecule has 124 valence electrons. The molecule has 1 amide bonds. The second-order valence-corrected chi connectivity index (χ2v) is 6.28. The van der Waals surface area contributed by atoms with Crippen molar-refractivity contribution in [3.63, 3.8) is 0 Å². The second kappa shape index (κ2) is 8.01. The van der Waals surface area contributed by atoms with Gasteiger partial charge in [-0.25, -0.2) is 4.79 Å². The van der Waals surface area contributed by atoms with Crippen LogP contribution in [0.5, 0.6) is 0 Å². The van der Waals surface area contributed by atoms with E-state index in [9.17, 15) is 19.7 Å². The molecule has 1 heterocycles. The molecule has 1 saturated heterocycles. The van der Waals surface area contributed by atoms with Crippen LogP contribution >= 0.6 is 34.4 Å². The van der Waals surface area contributed by atoms with Crippen molar-refractivity contribution in [1.82, 2.24) is 5.32 Å². The molecule has 1 aliphatic heterocycles. The fourth-order valence-electron chi connectivity index (χ4n) is 1.56. The fourth-order valence-corrected chi connectivity index (χ4v) is 3.00. The molecule has 0 radical (unpaired) electrons. The van der Waals surface area contributed by atoms with E-state index in [2.05, 4.69) is 20.3 Å². The minimum absolute atomic E-state index is 0.0287. The molecule has 1 N–H and O–H groups in total. The number of nitro groups is 1. The van der Waals surface area contributed by atoms with Crippen LogP contribution in [0.1, 0.15) is 5.56 Å². The van der Waals surface area contributed by atoms with Crippen LogP contribution in [0.15, 0.2) is 39.4 Å². The number of ether oxygens (including phenoxy) is 1. The van der Waals surface area contributed by atoms with Gasteiger partial charge in [0.15, 0.2) is 5.17 Å². The highest BCUT2D eigenvalue weighted by molar-refractivity contribution is 14.1. The Morgan fingerprint density at radius 2 is 2.25 bits per heavy atom. The number of carbonyl (C=O) groups excluding carboxylic acids is 2. The summed E-state index contributed by atoms with van der Waals surface area (Å²) in [6.45, 7) is 0. The molecular formula is C13H9IN4O5S. The van der Waals surface area contributed by atoms with Crippen molar-refractivity contribution in [1.29, 1.82) is 0 Å². The standard InChI is InChI=1S/C13H9IN4O5S/c1-23-10(19)5-9-12(20)16-13(24-9)17-15-6-7-3-2-4-8(11(7)14)18(21)22/h2-6H,1H3,(H,16,17,20)/b9-5+,15-6?. The largest absolute Gasteiger partial charge is 0.466 e. The average Bonchev–Trinajstić information content (AvgIpc) is 2.88. The van der Waals surface area contributed by atoms with E-state index >= 15 is 0 Å². The number of halogens is 1. The Morgan fingerprint density at radius 1 is 1.50 bits per heavy atom. The third-order valence-corrected chi connectivity index (χ3v) is 4.73. The summed E-state index contributed by atoms with van der Waals surface area (Å²) in [6, 6.07) is 4.58. The number of carbonyl (C=O) groups is 2. The van der Waals surface area contributed by atoms with Gasteiger partial charge in [0.1, 0.15) is 0 Å². The lowest BCUT2D eigenvalue weighted by atomic mass is 10.2. The number of benzene rings is 1. The Labute approximate surface area is 153 Å². The van der Waals surface area contributed by atoms with Gasteiger partial charge in [-0.1, -0.05) is 12.1 Å². The summed E-state index contributed by atoms with van der Waals surface area (Å²) in [5, 5.41) is 21.1. The minimum Gasteiger partial charge on any atom is -0.466 e. The number of nitro benzene ring substituents is 1. The van der Waals surface area contributed by atoms with E-state index < -0.39 is 16.8 Å². The topological polar surface area (TPSA) is 123 Å². The predicted octanol–water partition coefficient (Wildman–Crippen LogP) is 1.81.